The maximum absolute atomic E-state index is 3.60. The van der Waals surface area contributed by atoms with Crippen molar-refractivity contribution < 1.29 is 0 Å². The van der Waals surface area contributed by atoms with Crippen molar-refractivity contribution in [2.45, 2.75) is 73.3 Å². The smallest absolute Gasteiger partial charge is 0.00965 e. The Labute approximate surface area is 126 Å². The van der Waals surface area contributed by atoms with Crippen LogP contribution in [0.25, 0.3) is 0 Å². The molecule has 0 aromatic heterocycles. The van der Waals surface area contributed by atoms with E-state index in [9.17, 15) is 0 Å². The van der Waals surface area contributed by atoms with E-state index in [0.29, 0.717) is 5.41 Å². The molecule has 0 saturated heterocycles. The summed E-state index contributed by atoms with van der Waals surface area (Å²) in [7, 11) is 0. The first-order valence-electron chi connectivity index (χ1n) is 7.90. The molecule has 0 aliphatic carbocycles. The first kappa shape index (κ1) is 17.2. The van der Waals surface area contributed by atoms with Crippen LogP contribution in [0, 0.1) is 19.3 Å². The molecule has 0 radical (unpaired) electrons. The van der Waals surface area contributed by atoms with Crippen molar-refractivity contribution in [2.75, 3.05) is 6.54 Å². The summed E-state index contributed by atoms with van der Waals surface area (Å²) in [4.78, 5) is 0. The fourth-order valence-electron chi connectivity index (χ4n) is 2.44. The summed E-state index contributed by atoms with van der Waals surface area (Å²) in [5.74, 6) is 0. The Bertz CT molecular complexity index is 424. The number of hydrogen-bond acceptors (Lipinski definition) is 1. The van der Waals surface area contributed by atoms with Gasteiger partial charge in [0.1, 0.15) is 0 Å². The highest BCUT2D eigenvalue weighted by molar-refractivity contribution is 5.30. The number of rotatable bonds is 6. The molecule has 20 heavy (non-hydrogen) atoms. The molecule has 114 valence electrons. The summed E-state index contributed by atoms with van der Waals surface area (Å²) in [6, 6.07) is 6.80. The van der Waals surface area contributed by atoms with Crippen LogP contribution in [0.1, 0.15) is 64.2 Å². The van der Waals surface area contributed by atoms with Gasteiger partial charge in [0.2, 0.25) is 0 Å². The van der Waals surface area contributed by atoms with Crippen LogP contribution < -0.4 is 5.32 Å². The van der Waals surface area contributed by atoms with E-state index in [2.05, 4.69) is 72.0 Å². The highest BCUT2D eigenvalue weighted by atomic mass is 14.9. The van der Waals surface area contributed by atoms with E-state index < -0.39 is 0 Å². The van der Waals surface area contributed by atoms with E-state index in [1.807, 2.05) is 0 Å². The molecule has 1 heteroatoms. The van der Waals surface area contributed by atoms with E-state index >= 15 is 0 Å². The molecule has 1 aromatic carbocycles. The first-order valence-corrected chi connectivity index (χ1v) is 7.90. The van der Waals surface area contributed by atoms with Gasteiger partial charge in [-0.25, -0.2) is 0 Å². The largest absolute Gasteiger partial charge is 0.312 e. The van der Waals surface area contributed by atoms with Crippen LogP contribution in [0.4, 0.5) is 0 Å². The third kappa shape index (κ3) is 6.56. The van der Waals surface area contributed by atoms with Gasteiger partial charge in [-0.05, 0) is 77.0 Å². The predicted octanol–water partition coefficient (Wildman–Crippen LogP) is 5.04. The fraction of sp³-hybridized carbons (Fsp3) is 0.684. The van der Waals surface area contributed by atoms with Crippen molar-refractivity contribution in [2.24, 2.45) is 5.41 Å². The van der Waals surface area contributed by atoms with Gasteiger partial charge in [0.05, 0.1) is 0 Å². The molecular formula is C19H33N. The molecule has 0 aliphatic rings. The maximum atomic E-state index is 3.60. The Hall–Kier alpha value is -0.820. The number of hydrogen-bond donors (Lipinski definition) is 1. The summed E-state index contributed by atoms with van der Waals surface area (Å²) in [5.41, 5.74) is 4.94. The summed E-state index contributed by atoms with van der Waals surface area (Å²) in [6.07, 6.45) is 3.67. The zero-order valence-electron chi connectivity index (χ0n) is 14.6. The van der Waals surface area contributed by atoms with Crippen LogP contribution in [-0.2, 0) is 6.42 Å². The van der Waals surface area contributed by atoms with Gasteiger partial charge < -0.3 is 5.32 Å². The van der Waals surface area contributed by atoms with Gasteiger partial charge in [-0.2, -0.15) is 0 Å². The normalized spacial score (nSPS) is 12.8. The van der Waals surface area contributed by atoms with Crippen LogP contribution in [0.15, 0.2) is 18.2 Å². The molecule has 0 amide bonds. The third-order valence-corrected chi connectivity index (χ3v) is 4.03. The van der Waals surface area contributed by atoms with E-state index in [4.69, 9.17) is 0 Å². The molecule has 0 aliphatic heterocycles. The van der Waals surface area contributed by atoms with Crippen molar-refractivity contribution in [1.82, 2.24) is 5.32 Å². The van der Waals surface area contributed by atoms with Crippen molar-refractivity contribution in [3.8, 4) is 0 Å². The summed E-state index contributed by atoms with van der Waals surface area (Å²) < 4.78 is 0. The minimum Gasteiger partial charge on any atom is -0.312 e. The summed E-state index contributed by atoms with van der Waals surface area (Å²) >= 11 is 0. The summed E-state index contributed by atoms with van der Waals surface area (Å²) in [6.45, 7) is 17.0. The van der Waals surface area contributed by atoms with Crippen LogP contribution in [0.3, 0.4) is 0 Å². The summed E-state index contributed by atoms with van der Waals surface area (Å²) in [5, 5.41) is 3.60. The van der Waals surface area contributed by atoms with Gasteiger partial charge in [-0.1, -0.05) is 37.6 Å². The number of aryl methyl sites for hydroxylation is 3. The molecule has 0 heterocycles. The van der Waals surface area contributed by atoms with Crippen molar-refractivity contribution in [3.63, 3.8) is 0 Å². The highest BCUT2D eigenvalue weighted by Crippen LogP contribution is 2.27. The second kappa shape index (κ2) is 6.76. The van der Waals surface area contributed by atoms with Gasteiger partial charge in [0.25, 0.3) is 0 Å². The molecule has 0 atom stereocenters. The Morgan fingerprint density at radius 1 is 0.950 bits per heavy atom. The average Bonchev–Trinajstić information content (AvgIpc) is 2.28. The van der Waals surface area contributed by atoms with Gasteiger partial charge in [-0.15, -0.1) is 0 Å². The monoisotopic (exact) mass is 275 g/mol. The SMILES string of the molecule is Cc1ccc(C)c(CCC(C)(C)CCNC(C)(C)C)c1. The molecule has 0 unspecified atom stereocenters. The molecule has 0 bridgehead atoms. The second-order valence-electron chi connectivity index (χ2n) is 8.02. The van der Waals surface area contributed by atoms with Crippen LogP contribution in [0.2, 0.25) is 0 Å². The van der Waals surface area contributed by atoms with Crippen molar-refractivity contribution in [3.05, 3.63) is 34.9 Å². The molecule has 0 spiro atoms. The van der Waals surface area contributed by atoms with Crippen molar-refractivity contribution in [1.29, 1.82) is 0 Å². The molecule has 1 N–H and O–H groups in total. The number of nitrogens with one attached hydrogen (secondary N) is 1. The lowest BCUT2D eigenvalue weighted by Crippen LogP contribution is -2.38. The van der Waals surface area contributed by atoms with Gasteiger partial charge in [0, 0.05) is 5.54 Å². The number of benzene rings is 1. The highest BCUT2D eigenvalue weighted by Gasteiger charge is 2.19. The second-order valence-corrected chi connectivity index (χ2v) is 8.02. The zero-order chi connectivity index (χ0) is 15.4. The Morgan fingerprint density at radius 2 is 1.60 bits per heavy atom. The molecule has 1 aromatic rings. The third-order valence-electron chi connectivity index (χ3n) is 4.03. The van der Waals surface area contributed by atoms with Gasteiger partial charge >= 0.3 is 0 Å². The topological polar surface area (TPSA) is 12.0 Å². The Kier molecular flexibility index (Phi) is 5.82. The Morgan fingerprint density at radius 3 is 2.20 bits per heavy atom. The van der Waals surface area contributed by atoms with Crippen LogP contribution >= 0.6 is 0 Å². The lowest BCUT2D eigenvalue weighted by Gasteiger charge is -2.28. The quantitative estimate of drug-likeness (QED) is 0.767. The maximum Gasteiger partial charge on any atom is 0.00965 e. The fourth-order valence-corrected chi connectivity index (χ4v) is 2.44. The van der Waals surface area contributed by atoms with E-state index in [1.54, 1.807) is 0 Å². The van der Waals surface area contributed by atoms with Crippen LogP contribution in [0.5, 0.6) is 0 Å². The van der Waals surface area contributed by atoms with E-state index in [-0.39, 0.29) is 5.54 Å². The molecule has 1 nitrogen and oxygen atoms in total. The molecule has 1 rings (SSSR count). The Balaban J connectivity index is 2.48. The first-order chi connectivity index (χ1) is 9.09. The van der Waals surface area contributed by atoms with Gasteiger partial charge in [0.15, 0.2) is 0 Å². The standard InChI is InChI=1S/C19H33N/c1-15-8-9-16(2)17(14-15)10-11-19(6,7)12-13-20-18(3,4)5/h8-9,14,20H,10-13H2,1-7H3. The average molecular weight is 275 g/mol. The van der Waals surface area contributed by atoms with E-state index in [1.165, 1.54) is 36.0 Å². The lowest BCUT2D eigenvalue weighted by atomic mass is 9.82. The minimum atomic E-state index is 0.225. The molecule has 0 fully saturated rings. The molecule has 0 saturated carbocycles. The minimum absolute atomic E-state index is 0.225. The zero-order valence-corrected chi connectivity index (χ0v) is 14.6. The predicted molar refractivity (Wildman–Crippen MR) is 90.4 cm³/mol. The van der Waals surface area contributed by atoms with Crippen LogP contribution in [-0.4, -0.2) is 12.1 Å². The lowest BCUT2D eigenvalue weighted by molar-refractivity contribution is 0.284. The van der Waals surface area contributed by atoms with Crippen molar-refractivity contribution >= 4 is 0 Å². The molecular weight excluding hydrogens is 242 g/mol. The van der Waals surface area contributed by atoms with E-state index in [0.717, 1.165) is 6.54 Å². The van der Waals surface area contributed by atoms with Gasteiger partial charge in [-0.3, -0.25) is 0 Å².